The van der Waals surface area contributed by atoms with Crippen molar-refractivity contribution in [1.29, 1.82) is 0 Å². The van der Waals surface area contributed by atoms with Gasteiger partial charge in [-0.1, -0.05) is 30.3 Å². The van der Waals surface area contributed by atoms with Gasteiger partial charge in [0.05, 0.1) is 25.4 Å². The van der Waals surface area contributed by atoms with Crippen molar-refractivity contribution in [3.63, 3.8) is 0 Å². The molecule has 1 aliphatic rings. The van der Waals surface area contributed by atoms with Crippen molar-refractivity contribution in [3.8, 4) is 0 Å². The molecule has 21 heavy (non-hydrogen) atoms. The largest absolute Gasteiger partial charge is 0.370 e. The molecule has 1 radical (unpaired) electrons. The molecule has 1 fully saturated rings. The van der Waals surface area contributed by atoms with Gasteiger partial charge in [0, 0.05) is 6.42 Å². The van der Waals surface area contributed by atoms with Gasteiger partial charge in [0.1, 0.15) is 18.8 Å². The Hall–Kier alpha value is -1.84. The van der Waals surface area contributed by atoms with Crippen LogP contribution in [0.25, 0.3) is 0 Å². The molecule has 0 amide bonds. The van der Waals surface area contributed by atoms with Crippen molar-refractivity contribution in [3.05, 3.63) is 60.2 Å². The minimum atomic E-state index is 0.581. The fraction of sp³-hybridized carbons (Fsp3) is 0.333. The van der Waals surface area contributed by atoms with Crippen LogP contribution in [0.2, 0.25) is 0 Å². The number of quaternary nitrogens is 1. The van der Waals surface area contributed by atoms with Crippen molar-refractivity contribution < 1.29 is 4.74 Å². The number of nitrogens with one attached hydrogen (secondary N) is 1. The molecule has 0 aliphatic carbocycles. The third-order valence-corrected chi connectivity index (χ3v) is 4.41. The van der Waals surface area contributed by atoms with Crippen LogP contribution in [-0.2, 0) is 11.2 Å². The zero-order valence-electron chi connectivity index (χ0n) is 12.3. The lowest BCUT2D eigenvalue weighted by molar-refractivity contribution is 0.0412. The topological polar surface area (TPSA) is 33.0 Å². The van der Waals surface area contributed by atoms with Crippen LogP contribution >= 0.6 is 0 Å². The van der Waals surface area contributed by atoms with E-state index in [0.717, 1.165) is 43.8 Å². The molecule has 3 nitrogen and oxygen atoms in total. The maximum Gasteiger partial charge on any atom is 0.132 e. The molecule has 0 spiro atoms. The lowest BCUT2D eigenvalue weighted by atomic mass is 10.1. The molecule has 3 heteroatoms. The SMILES string of the molecule is [NH]c1ccc(CC[N+]2(c3ccccc3)CCOCC2)cc1. The van der Waals surface area contributed by atoms with Gasteiger partial charge in [-0.3, -0.25) is 4.48 Å². The van der Waals surface area contributed by atoms with E-state index in [0.29, 0.717) is 5.69 Å². The number of ether oxygens (including phenoxy) is 1. The number of hydrogen-bond acceptors (Lipinski definition) is 1. The second-order valence-corrected chi connectivity index (χ2v) is 5.71. The molecule has 0 saturated carbocycles. The van der Waals surface area contributed by atoms with Gasteiger partial charge in [0.25, 0.3) is 0 Å². The zero-order chi connectivity index (χ0) is 14.5. The number of nitrogens with zero attached hydrogens (tertiary/aromatic N) is 1. The summed E-state index contributed by atoms with van der Waals surface area (Å²) in [7, 11) is 0. The Kier molecular flexibility index (Phi) is 4.23. The first-order chi connectivity index (χ1) is 10.3. The Bertz CT molecular complexity index is 560. The summed E-state index contributed by atoms with van der Waals surface area (Å²) in [5.41, 5.74) is 10.9. The Morgan fingerprint density at radius 1 is 0.905 bits per heavy atom. The second kappa shape index (κ2) is 6.29. The summed E-state index contributed by atoms with van der Waals surface area (Å²) in [6, 6.07) is 18.7. The highest BCUT2D eigenvalue weighted by Gasteiger charge is 2.32. The van der Waals surface area contributed by atoms with Crippen molar-refractivity contribution in [2.45, 2.75) is 6.42 Å². The minimum Gasteiger partial charge on any atom is -0.370 e. The van der Waals surface area contributed by atoms with Gasteiger partial charge < -0.3 is 10.5 Å². The zero-order valence-corrected chi connectivity index (χ0v) is 12.3. The highest BCUT2D eigenvalue weighted by atomic mass is 16.5. The highest BCUT2D eigenvalue weighted by molar-refractivity contribution is 5.43. The molecule has 1 aliphatic heterocycles. The Morgan fingerprint density at radius 2 is 1.57 bits per heavy atom. The molecule has 1 saturated heterocycles. The highest BCUT2D eigenvalue weighted by Crippen LogP contribution is 2.25. The van der Waals surface area contributed by atoms with Gasteiger partial charge in [-0.15, -0.1) is 0 Å². The molecule has 1 N–H and O–H groups in total. The first-order valence-electron chi connectivity index (χ1n) is 7.59. The van der Waals surface area contributed by atoms with Crippen LogP contribution in [0, 0.1) is 0 Å². The van der Waals surface area contributed by atoms with Crippen LogP contribution in [0.1, 0.15) is 5.56 Å². The van der Waals surface area contributed by atoms with Crippen LogP contribution in [0.5, 0.6) is 0 Å². The standard InChI is InChI=1S/C18H22N2O/c19-17-8-6-16(7-9-17)10-11-20(12-14-21-15-13-20)18-4-2-1-3-5-18/h1-9,19H,10-15H2/q+1. The van der Waals surface area contributed by atoms with Crippen LogP contribution in [0.15, 0.2) is 54.6 Å². The number of para-hydroxylation sites is 1. The molecule has 1 heterocycles. The van der Waals surface area contributed by atoms with Crippen molar-refractivity contribution in [1.82, 2.24) is 10.2 Å². The van der Waals surface area contributed by atoms with E-state index in [2.05, 4.69) is 42.5 Å². The summed E-state index contributed by atoms with van der Waals surface area (Å²) in [5, 5.41) is 0. The molecular formula is C18H22N2O+. The fourth-order valence-corrected chi connectivity index (χ4v) is 3.06. The van der Waals surface area contributed by atoms with E-state index in [1.54, 1.807) is 0 Å². The molecule has 0 unspecified atom stereocenters. The average molecular weight is 282 g/mol. The first-order valence-corrected chi connectivity index (χ1v) is 7.59. The number of benzene rings is 2. The molecule has 2 aromatic carbocycles. The van der Waals surface area contributed by atoms with Gasteiger partial charge in [0.15, 0.2) is 0 Å². The van der Waals surface area contributed by atoms with Crippen LogP contribution < -0.4 is 10.2 Å². The summed E-state index contributed by atoms with van der Waals surface area (Å²) in [4.78, 5) is 0. The summed E-state index contributed by atoms with van der Waals surface area (Å²) in [6.07, 6.45) is 1.04. The Labute approximate surface area is 126 Å². The van der Waals surface area contributed by atoms with Gasteiger partial charge in [0.2, 0.25) is 0 Å². The molecule has 109 valence electrons. The van der Waals surface area contributed by atoms with Gasteiger partial charge in [-0.2, -0.15) is 0 Å². The van der Waals surface area contributed by atoms with E-state index in [4.69, 9.17) is 10.5 Å². The lowest BCUT2D eigenvalue weighted by Crippen LogP contribution is -2.57. The maximum atomic E-state index is 7.57. The molecule has 0 bridgehead atoms. The fourth-order valence-electron chi connectivity index (χ4n) is 3.06. The van der Waals surface area contributed by atoms with Crippen LogP contribution in [0.3, 0.4) is 0 Å². The van der Waals surface area contributed by atoms with Crippen molar-refractivity contribution in [2.24, 2.45) is 0 Å². The summed E-state index contributed by atoms with van der Waals surface area (Å²) < 4.78 is 6.58. The molecular weight excluding hydrogens is 260 g/mol. The normalized spacial score (nSPS) is 17.5. The number of morpholine rings is 1. The number of rotatable bonds is 4. The number of hydrogen-bond donors (Lipinski definition) is 0. The van der Waals surface area contributed by atoms with E-state index >= 15 is 0 Å². The van der Waals surface area contributed by atoms with Gasteiger partial charge in [-0.05, 0) is 29.8 Å². The predicted molar refractivity (Wildman–Crippen MR) is 86.6 cm³/mol. The summed E-state index contributed by atoms with van der Waals surface area (Å²) in [5.74, 6) is 0. The monoisotopic (exact) mass is 282 g/mol. The summed E-state index contributed by atoms with van der Waals surface area (Å²) in [6.45, 7) is 4.84. The quantitative estimate of drug-likeness (QED) is 0.793. The smallest absolute Gasteiger partial charge is 0.132 e. The molecule has 2 aromatic rings. The van der Waals surface area contributed by atoms with E-state index in [1.165, 1.54) is 11.3 Å². The Morgan fingerprint density at radius 3 is 2.24 bits per heavy atom. The second-order valence-electron chi connectivity index (χ2n) is 5.71. The lowest BCUT2D eigenvalue weighted by Gasteiger charge is -2.41. The van der Waals surface area contributed by atoms with Crippen LogP contribution in [-0.4, -0.2) is 32.8 Å². The van der Waals surface area contributed by atoms with E-state index < -0.39 is 0 Å². The Balaban J connectivity index is 1.78. The van der Waals surface area contributed by atoms with E-state index in [-0.39, 0.29) is 0 Å². The molecule has 0 atom stereocenters. The van der Waals surface area contributed by atoms with E-state index in [1.807, 2.05) is 12.1 Å². The van der Waals surface area contributed by atoms with Gasteiger partial charge >= 0.3 is 0 Å². The average Bonchev–Trinajstić information content (AvgIpc) is 2.56. The third kappa shape index (κ3) is 3.26. The van der Waals surface area contributed by atoms with Gasteiger partial charge in [-0.25, -0.2) is 0 Å². The summed E-state index contributed by atoms with van der Waals surface area (Å²) >= 11 is 0. The molecule has 0 aromatic heterocycles. The van der Waals surface area contributed by atoms with Crippen molar-refractivity contribution >= 4 is 11.4 Å². The van der Waals surface area contributed by atoms with E-state index in [9.17, 15) is 0 Å². The first kappa shape index (κ1) is 14.1. The van der Waals surface area contributed by atoms with Crippen molar-refractivity contribution in [2.75, 3.05) is 32.8 Å². The minimum absolute atomic E-state index is 0.581. The molecule has 3 rings (SSSR count). The van der Waals surface area contributed by atoms with Crippen LogP contribution in [0.4, 0.5) is 11.4 Å². The predicted octanol–water partition coefficient (Wildman–Crippen LogP) is 3.18. The maximum absolute atomic E-state index is 7.57. The third-order valence-electron chi connectivity index (χ3n) is 4.41.